The summed E-state index contributed by atoms with van der Waals surface area (Å²) in [6.07, 6.45) is 4.63. The van der Waals surface area contributed by atoms with E-state index in [1.165, 1.54) is 25.3 Å². The molecule has 2 nitrogen and oxygen atoms in total. The third-order valence-corrected chi connectivity index (χ3v) is 3.89. The fourth-order valence-corrected chi connectivity index (χ4v) is 2.68. The van der Waals surface area contributed by atoms with E-state index in [0.717, 1.165) is 30.6 Å². The molecule has 0 saturated carbocycles. The third-order valence-electron chi connectivity index (χ3n) is 3.89. The number of aliphatic hydroxyl groups excluding tert-OH is 1. The molecular formula is C15H22FNO. The molecule has 1 unspecified atom stereocenters. The van der Waals surface area contributed by atoms with Crippen molar-refractivity contribution in [3.63, 3.8) is 0 Å². The molecule has 0 bridgehead atoms. The highest BCUT2D eigenvalue weighted by atomic mass is 19.1. The Morgan fingerprint density at radius 2 is 2.17 bits per heavy atom. The minimum absolute atomic E-state index is 0.175. The second-order valence-electron chi connectivity index (χ2n) is 5.23. The van der Waals surface area contributed by atoms with Gasteiger partial charge in [0.1, 0.15) is 5.82 Å². The van der Waals surface area contributed by atoms with Crippen molar-refractivity contribution >= 4 is 0 Å². The largest absolute Gasteiger partial charge is 0.395 e. The highest BCUT2D eigenvalue weighted by Gasteiger charge is 2.20. The lowest BCUT2D eigenvalue weighted by atomic mass is 10.1. The zero-order chi connectivity index (χ0) is 13.0. The van der Waals surface area contributed by atoms with Gasteiger partial charge in [-0.15, -0.1) is 0 Å². The van der Waals surface area contributed by atoms with Gasteiger partial charge in [-0.2, -0.15) is 0 Å². The monoisotopic (exact) mass is 251 g/mol. The highest BCUT2D eigenvalue weighted by molar-refractivity contribution is 5.26. The molecule has 1 aromatic carbocycles. The van der Waals surface area contributed by atoms with Gasteiger partial charge >= 0.3 is 0 Å². The van der Waals surface area contributed by atoms with E-state index in [2.05, 4.69) is 4.90 Å². The summed E-state index contributed by atoms with van der Waals surface area (Å²) in [5.41, 5.74) is 2.16. The second-order valence-corrected chi connectivity index (χ2v) is 5.23. The van der Waals surface area contributed by atoms with Crippen LogP contribution in [0.1, 0.15) is 36.8 Å². The normalized spacial score (nSPS) is 21.8. The molecule has 1 aliphatic heterocycles. The Kier molecular flexibility index (Phi) is 4.72. The smallest absolute Gasteiger partial charge is 0.123 e. The van der Waals surface area contributed by atoms with Crippen LogP contribution >= 0.6 is 0 Å². The zero-order valence-electron chi connectivity index (χ0n) is 11.0. The van der Waals surface area contributed by atoms with Crippen LogP contribution in [0.25, 0.3) is 0 Å². The number of aliphatic hydroxyl groups is 1. The predicted molar refractivity (Wildman–Crippen MR) is 70.9 cm³/mol. The maximum absolute atomic E-state index is 13.3. The number of halogens is 1. The van der Waals surface area contributed by atoms with Crippen molar-refractivity contribution in [1.29, 1.82) is 0 Å². The van der Waals surface area contributed by atoms with Gasteiger partial charge < -0.3 is 5.11 Å². The molecule has 0 radical (unpaired) electrons. The van der Waals surface area contributed by atoms with Crippen molar-refractivity contribution in [2.24, 2.45) is 0 Å². The lowest BCUT2D eigenvalue weighted by Gasteiger charge is -2.29. The number of nitrogens with zero attached hydrogens (tertiary/aromatic N) is 1. The van der Waals surface area contributed by atoms with Gasteiger partial charge in [-0.25, -0.2) is 4.39 Å². The fraction of sp³-hybridized carbons (Fsp3) is 0.600. The van der Waals surface area contributed by atoms with Gasteiger partial charge in [-0.1, -0.05) is 18.9 Å². The van der Waals surface area contributed by atoms with E-state index < -0.39 is 0 Å². The molecule has 0 amide bonds. The van der Waals surface area contributed by atoms with Crippen molar-refractivity contribution in [2.75, 3.05) is 13.2 Å². The Labute approximate surface area is 108 Å². The zero-order valence-corrected chi connectivity index (χ0v) is 11.0. The molecular weight excluding hydrogens is 229 g/mol. The molecule has 0 aliphatic carbocycles. The van der Waals surface area contributed by atoms with Crippen molar-refractivity contribution in [2.45, 2.75) is 45.2 Å². The molecule has 1 atom stereocenters. The van der Waals surface area contributed by atoms with Crippen molar-refractivity contribution in [1.82, 2.24) is 4.90 Å². The molecule has 18 heavy (non-hydrogen) atoms. The number of aryl methyl sites for hydroxylation is 1. The lowest BCUT2D eigenvalue weighted by Crippen LogP contribution is -2.37. The average molecular weight is 251 g/mol. The maximum Gasteiger partial charge on any atom is 0.123 e. The Balaban J connectivity index is 2.12. The standard InChI is InChI=1S/C15H22FNO/c1-12-6-7-14(16)9-13(12)10-17-8-4-2-3-5-15(17)11-18/h6-7,9,15,18H,2-5,8,10-11H2,1H3. The molecule has 1 aromatic rings. The van der Waals surface area contributed by atoms with Crippen molar-refractivity contribution < 1.29 is 9.50 Å². The molecule has 0 spiro atoms. The minimum Gasteiger partial charge on any atom is -0.395 e. The first-order valence-electron chi connectivity index (χ1n) is 6.80. The van der Waals surface area contributed by atoms with E-state index in [1.807, 2.05) is 13.0 Å². The van der Waals surface area contributed by atoms with Crippen molar-refractivity contribution in [3.8, 4) is 0 Å². The summed E-state index contributed by atoms with van der Waals surface area (Å²) in [5, 5.41) is 9.47. The fourth-order valence-electron chi connectivity index (χ4n) is 2.68. The SMILES string of the molecule is Cc1ccc(F)cc1CN1CCCCCC1CO. The van der Waals surface area contributed by atoms with E-state index in [1.54, 1.807) is 6.07 Å². The molecule has 1 fully saturated rings. The molecule has 0 aromatic heterocycles. The quantitative estimate of drug-likeness (QED) is 0.893. The van der Waals surface area contributed by atoms with Crippen molar-refractivity contribution in [3.05, 3.63) is 35.1 Å². The molecule has 3 heteroatoms. The summed E-state index contributed by atoms with van der Waals surface area (Å²) in [6, 6.07) is 5.19. The van der Waals surface area contributed by atoms with Crippen LogP contribution in [-0.4, -0.2) is 29.2 Å². The van der Waals surface area contributed by atoms with Gasteiger partial charge in [0.2, 0.25) is 0 Å². The van der Waals surface area contributed by atoms with E-state index >= 15 is 0 Å². The first kappa shape index (κ1) is 13.5. The number of rotatable bonds is 3. The second kappa shape index (κ2) is 6.30. The summed E-state index contributed by atoms with van der Waals surface area (Å²) in [5.74, 6) is -0.175. The number of hydrogen-bond acceptors (Lipinski definition) is 2. The summed E-state index contributed by atoms with van der Waals surface area (Å²) < 4.78 is 13.3. The van der Waals surface area contributed by atoms with Gasteiger partial charge in [-0.3, -0.25) is 4.90 Å². The van der Waals surface area contributed by atoms with Crippen LogP contribution < -0.4 is 0 Å². The number of benzene rings is 1. The van der Waals surface area contributed by atoms with Gasteiger partial charge in [0.05, 0.1) is 6.61 Å². The Bertz CT molecular complexity index is 394. The first-order chi connectivity index (χ1) is 8.70. The summed E-state index contributed by atoms with van der Waals surface area (Å²) >= 11 is 0. The van der Waals surface area contributed by atoms with Gasteiger partial charge in [0, 0.05) is 12.6 Å². The number of hydrogen-bond donors (Lipinski definition) is 1. The first-order valence-corrected chi connectivity index (χ1v) is 6.80. The summed E-state index contributed by atoms with van der Waals surface area (Å²) in [7, 11) is 0. The molecule has 1 N–H and O–H groups in total. The number of likely N-dealkylation sites (tertiary alicyclic amines) is 1. The van der Waals surface area contributed by atoms with Crippen LogP contribution in [0.5, 0.6) is 0 Å². The van der Waals surface area contributed by atoms with Crippen LogP contribution in [0.2, 0.25) is 0 Å². The van der Waals surface area contributed by atoms with E-state index in [-0.39, 0.29) is 18.5 Å². The Morgan fingerprint density at radius 1 is 1.33 bits per heavy atom. The molecule has 1 heterocycles. The van der Waals surface area contributed by atoms with Crippen LogP contribution in [0.15, 0.2) is 18.2 Å². The Hall–Kier alpha value is -0.930. The average Bonchev–Trinajstić information content (AvgIpc) is 2.59. The van der Waals surface area contributed by atoms with Gasteiger partial charge in [0.15, 0.2) is 0 Å². The molecule has 100 valence electrons. The van der Waals surface area contributed by atoms with Gasteiger partial charge in [0.25, 0.3) is 0 Å². The highest BCUT2D eigenvalue weighted by Crippen LogP contribution is 2.20. The lowest BCUT2D eigenvalue weighted by molar-refractivity contribution is 0.118. The molecule has 2 rings (SSSR count). The minimum atomic E-state index is -0.175. The third kappa shape index (κ3) is 3.30. The van der Waals surface area contributed by atoms with Crippen LogP contribution in [-0.2, 0) is 6.54 Å². The topological polar surface area (TPSA) is 23.5 Å². The Morgan fingerprint density at radius 3 is 2.94 bits per heavy atom. The van der Waals surface area contributed by atoms with Crippen LogP contribution in [0.4, 0.5) is 4.39 Å². The van der Waals surface area contributed by atoms with E-state index in [9.17, 15) is 9.50 Å². The molecule has 1 saturated heterocycles. The van der Waals surface area contributed by atoms with E-state index in [0.29, 0.717) is 0 Å². The summed E-state index contributed by atoms with van der Waals surface area (Å²) in [4.78, 5) is 2.30. The summed E-state index contributed by atoms with van der Waals surface area (Å²) in [6.45, 7) is 3.96. The van der Waals surface area contributed by atoms with Crippen LogP contribution in [0.3, 0.4) is 0 Å². The van der Waals surface area contributed by atoms with Crippen LogP contribution in [0, 0.1) is 12.7 Å². The van der Waals surface area contributed by atoms with Gasteiger partial charge in [-0.05, 0) is 49.6 Å². The van der Waals surface area contributed by atoms with E-state index in [4.69, 9.17) is 0 Å². The predicted octanol–water partition coefficient (Wildman–Crippen LogP) is 2.87. The maximum atomic E-state index is 13.3. The molecule has 1 aliphatic rings.